The first-order chi connectivity index (χ1) is 14.3. The number of hydrogen-bond acceptors (Lipinski definition) is 4. The summed E-state index contributed by atoms with van der Waals surface area (Å²) < 4.78 is 0. The molecule has 2 heterocycles. The molecule has 1 aromatic heterocycles. The molecule has 0 atom stereocenters. The van der Waals surface area contributed by atoms with Crippen molar-refractivity contribution in [3.63, 3.8) is 0 Å². The van der Waals surface area contributed by atoms with E-state index in [-0.39, 0.29) is 30.3 Å². The van der Waals surface area contributed by atoms with Crippen molar-refractivity contribution in [1.82, 2.24) is 15.1 Å². The Morgan fingerprint density at radius 3 is 2.22 bits per heavy atom. The Bertz CT molecular complexity index is 905. The molecular weight excluding hydrogens is 467 g/mol. The maximum Gasteiger partial charge on any atom is 0.148 e. The SMILES string of the molecule is Cl.Cl.Clc1ccccc1-c1ccc(NCCC2CCN(Cc3ccccc3)CC2)nn1.O. The Morgan fingerprint density at radius 1 is 0.875 bits per heavy atom. The van der Waals surface area contributed by atoms with Crippen LogP contribution >= 0.6 is 36.4 Å². The molecule has 0 saturated carbocycles. The van der Waals surface area contributed by atoms with E-state index >= 15 is 0 Å². The van der Waals surface area contributed by atoms with E-state index in [1.807, 2.05) is 36.4 Å². The van der Waals surface area contributed by atoms with Crippen molar-refractivity contribution in [2.45, 2.75) is 25.8 Å². The van der Waals surface area contributed by atoms with Gasteiger partial charge in [-0.1, -0.05) is 60.1 Å². The minimum absolute atomic E-state index is 0. The number of aromatic nitrogens is 2. The van der Waals surface area contributed by atoms with Gasteiger partial charge in [0.2, 0.25) is 0 Å². The molecule has 0 spiro atoms. The predicted molar refractivity (Wildman–Crippen MR) is 138 cm³/mol. The lowest BCUT2D eigenvalue weighted by molar-refractivity contribution is 0.174. The number of piperidine rings is 1. The van der Waals surface area contributed by atoms with E-state index in [0.717, 1.165) is 36.1 Å². The van der Waals surface area contributed by atoms with Crippen molar-refractivity contribution in [3.05, 3.63) is 77.3 Å². The molecule has 1 saturated heterocycles. The second kappa shape index (κ2) is 14.3. The molecule has 8 heteroatoms. The van der Waals surface area contributed by atoms with Gasteiger partial charge in [0, 0.05) is 18.7 Å². The lowest BCUT2D eigenvalue weighted by Crippen LogP contribution is -2.33. The topological polar surface area (TPSA) is 72.5 Å². The molecule has 0 aliphatic carbocycles. The third kappa shape index (κ3) is 7.91. The summed E-state index contributed by atoms with van der Waals surface area (Å²) in [5.74, 6) is 1.60. The van der Waals surface area contributed by atoms with Gasteiger partial charge in [-0.2, -0.15) is 0 Å². The quantitative estimate of drug-likeness (QED) is 0.466. The lowest BCUT2D eigenvalue weighted by atomic mass is 9.93. The average molecular weight is 498 g/mol. The maximum absolute atomic E-state index is 6.24. The fourth-order valence-corrected chi connectivity index (χ4v) is 4.15. The molecular formula is C24H31Cl3N4O. The van der Waals surface area contributed by atoms with Gasteiger partial charge in [-0.15, -0.1) is 35.0 Å². The molecule has 3 N–H and O–H groups in total. The first-order valence-corrected chi connectivity index (χ1v) is 10.7. The molecule has 1 aliphatic rings. The number of hydrogen-bond donors (Lipinski definition) is 1. The highest BCUT2D eigenvalue weighted by atomic mass is 35.5. The fraction of sp³-hybridized carbons (Fsp3) is 0.333. The number of rotatable bonds is 7. The highest BCUT2D eigenvalue weighted by Gasteiger charge is 2.19. The minimum atomic E-state index is 0. The number of anilines is 1. The van der Waals surface area contributed by atoms with Crippen LogP contribution in [0.25, 0.3) is 11.3 Å². The molecule has 0 amide bonds. The van der Waals surface area contributed by atoms with Crippen LogP contribution in [0.2, 0.25) is 5.02 Å². The van der Waals surface area contributed by atoms with Crippen LogP contribution in [0.1, 0.15) is 24.8 Å². The Morgan fingerprint density at radius 2 is 1.56 bits per heavy atom. The van der Waals surface area contributed by atoms with E-state index in [0.29, 0.717) is 5.02 Å². The minimum Gasteiger partial charge on any atom is -0.412 e. The van der Waals surface area contributed by atoms with E-state index in [1.165, 1.54) is 37.9 Å². The zero-order chi connectivity index (χ0) is 19.9. The molecule has 1 fully saturated rings. The summed E-state index contributed by atoms with van der Waals surface area (Å²) in [4.78, 5) is 2.57. The summed E-state index contributed by atoms with van der Waals surface area (Å²) in [5, 5.41) is 12.7. The molecule has 5 nitrogen and oxygen atoms in total. The van der Waals surface area contributed by atoms with E-state index in [9.17, 15) is 0 Å². The summed E-state index contributed by atoms with van der Waals surface area (Å²) in [6.45, 7) is 4.38. The van der Waals surface area contributed by atoms with Gasteiger partial charge < -0.3 is 10.8 Å². The Labute approximate surface area is 207 Å². The predicted octanol–water partition coefficient (Wildman–Crippen LogP) is 5.53. The van der Waals surface area contributed by atoms with Gasteiger partial charge in [0.25, 0.3) is 0 Å². The smallest absolute Gasteiger partial charge is 0.148 e. The maximum atomic E-state index is 6.24. The lowest BCUT2D eigenvalue weighted by Gasteiger charge is -2.32. The molecule has 0 bridgehead atoms. The number of likely N-dealkylation sites (tertiary alicyclic amines) is 1. The van der Waals surface area contributed by atoms with Crippen molar-refractivity contribution in [3.8, 4) is 11.3 Å². The number of nitrogens with zero attached hydrogens (tertiary/aromatic N) is 3. The van der Waals surface area contributed by atoms with E-state index in [2.05, 4.69) is 50.7 Å². The summed E-state index contributed by atoms with van der Waals surface area (Å²) in [5.41, 5.74) is 3.12. The Kier molecular flexibility index (Phi) is 12.6. The van der Waals surface area contributed by atoms with Gasteiger partial charge in [0.05, 0.1) is 10.7 Å². The third-order valence-electron chi connectivity index (χ3n) is 5.63. The zero-order valence-corrected chi connectivity index (χ0v) is 20.3. The average Bonchev–Trinajstić information content (AvgIpc) is 2.77. The molecule has 2 aromatic carbocycles. The van der Waals surface area contributed by atoms with Gasteiger partial charge in [-0.25, -0.2) is 0 Å². The van der Waals surface area contributed by atoms with Crippen molar-refractivity contribution < 1.29 is 5.48 Å². The van der Waals surface area contributed by atoms with E-state index in [4.69, 9.17) is 11.6 Å². The van der Waals surface area contributed by atoms with Crippen LogP contribution in [0.5, 0.6) is 0 Å². The van der Waals surface area contributed by atoms with Crippen molar-refractivity contribution in [2.24, 2.45) is 5.92 Å². The number of benzene rings is 2. The van der Waals surface area contributed by atoms with Gasteiger partial charge in [-0.3, -0.25) is 4.90 Å². The Balaban J connectivity index is 0.00000171. The highest BCUT2D eigenvalue weighted by molar-refractivity contribution is 6.33. The van der Waals surface area contributed by atoms with E-state index in [1.54, 1.807) is 0 Å². The van der Waals surface area contributed by atoms with Gasteiger partial charge in [0.15, 0.2) is 0 Å². The highest BCUT2D eigenvalue weighted by Crippen LogP contribution is 2.26. The summed E-state index contributed by atoms with van der Waals surface area (Å²) in [6.07, 6.45) is 3.71. The largest absolute Gasteiger partial charge is 0.412 e. The van der Waals surface area contributed by atoms with Gasteiger partial charge >= 0.3 is 0 Å². The van der Waals surface area contributed by atoms with E-state index < -0.39 is 0 Å². The van der Waals surface area contributed by atoms with Gasteiger partial charge in [0.1, 0.15) is 5.82 Å². The summed E-state index contributed by atoms with van der Waals surface area (Å²) >= 11 is 6.24. The zero-order valence-electron chi connectivity index (χ0n) is 17.9. The van der Waals surface area contributed by atoms with Crippen LogP contribution < -0.4 is 5.32 Å². The summed E-state index contributed by atoms with van der Waals surface area (Å²) in [7, 11) is 0. The van der Waals surface area contributed by atoms with Crippen LogP contribution in [-0.2, 0) is 6.54 Å². The molecule has 0 unspecified atom stereocenters. The second-order valence-electron chi connectivity index (χ2n) is 7.70. The Hall–Kier alpha value is -1.89. The van der Waals surface area contributed by atoms with Crippen LogP contribution in [0, 0.1) is 5.92 Å². The molecule has 0 radical (unpaired) electrons. The molecule has 4 rings (SSSR count). The number of halogens is 3. The first-order valence-electron chi connectivity index (χ1n) is 10.4. The third-order valence-corrected chi connectivity index (χ3v) is 5.96. The van der Waals surface area contributed by atoms with Crippen molar-refractivity contribution in [2.75, 3.05) is 25.0 Å². The molecule has 3 aromatic rings. The van der Waals surface area contributed by atoms with Crippen LogP contribution in [0.4, 0.5) is 5.82 Å². The molecule has 1 aliphatic heterocycles. The van der Waals surface area contributed by atoms with Crippen LogP contribution in [-0.4, -0.2) is 40.2 Å². The molecule has 174 valence electrons. The standard InChI is InChI=1S/C24H27ClN4.2ClH.H2O/c25-22-9-5-4-8-21(22)23-10-11-24(28-27-23)26-15-12-19-13-16-29(17-14-19)18-20-6-2-1-3-7-20;;;/h1-11,19H,12-18H2,(H,26,28);2*1H;1H2. The van der Waals surface area contributed by atoms with Gasteiger partial charge in [-0.05, 0) is 62.0 Å². The number of nitrogens with one attached hydrogen (secondary N) is 1. The normalized spacial score (nSPS) is 13.9. The van der Waals surface area contributed by atoms with Crippen molar-refractivity contribution >= 4 is 42.2 Å². The van der Waals surface area contributed by atoms with Crippen LogP contribution in [0.3, 0.4) is 0 Å². The van der Waals surface area contributed by atoms with Crippen molar-refractivity contribution in [1.29, 1.82) is 0 Å². The monoisotopic (exact) mass is 496 g/mol. The fourth-order valence-electron chi connectivity index (χ4n) is 3.92. The van der Waals surface area contributed by atoms with Crippen LogP contribution in [0.15, 0.2) is 66.7 Å². The molecule has 32 heavy (non-hydrogen) atoms. The first kappa shape index (κ1) is 28.1. The summed E-state index contributed by atoms with van der Waals surface area (Å²) in [6, 6.07) is 22.4. The second-order valence-corrected chi connectivity index (χ2v) is 8.11.